The monoisotopic (exact) mass is 667 g/mol. The Bertz CT molecular complexity index is 665. The molecular formula is C29H50INO8. The van der Waals surface area contributed by atoms with Gasteiger partial charge in [0.15, 0.2) is 0 Å². The summed E-state index contributed by atoms with van der Waals surface area (Å²) in [7, 11) is 0. The maximum Gasteiger partial charge on any atom is 0.338 e. The Morgan fingerprint density at radius 3 is 1.56 bits per heavy atom. The summed E-state index contributed by atoms with van der Waals surface area (Å²) < 4.78 is 39.4. The van der Waals surface area contributed by atoms with Crippen LogP contribution in [0.2, 0.25) is 0 Å². The van der Waals surface area contributed by atoms with Crippen LogP contribution in [0, 0.1) is 0 Å². The average molecular weight is 668 g/mol. The second kappa shape index (κ2) is 28.5. The second-order valence-corrected chi connectivity index (χ2v) is 9.85. The van der Waals surface area contributed by atoms with Crippen LogP contribution in [-0.4, -0.2) is 103 Å². The molecule has 0 atom stereocenters. The summed E-state index contributed by atoms with van der Waals surface area (Å²) in [6.07, 6.45) is 7.23. The number of rotatable bonds is 29. The van der Waals surface area contributed by atoms with Crippen molar-refractivity contribution < 1.29 is 38.0 Å². The minimum atomic E-state index is -0.350. The van der Waals surface area contributed by atoms with Crippen LogP contribution in [0.1, 0.15) is 55.8 Å². The van der Waals surface area contributed by atoms with Crippen molar-refractivity contribution in [3.8, 4) is 0 Å². The first-order valence-corrected chi connectivity index (χ1v) is 15.8. The van der Waals surface area contributed by atoms with Crippen molar-refractivity contribution in [2.45, 2.75) is 45.4 Å². The quantitative estimate of drug-likeness (QED) is 0.0539. The van der Waals surface area contributed by atoms with Crippen molar-refractivity contribution in [1.82, 2.24) is 0 Å². The normalized spacial score (nSPS) is 11.1. The summed E-state index contributed by atoms with van der Waals surface area (Å²) in [5, 5.41) is 3.32. The number of halogens is 1. The van der Waals surface area contributed by atoms with Crippen LogP contribution in [-0.2, 0) is 33.2 Å². The predicted octanol–water partition coefficient (Wildman–Crippen LogP) is 5.15. The lowest BCUT2D eigenvalue weighted by atomic mass is 10.2. The van der Waals surface area contributed by atoms with E-state index in [1.807, 2.05) is 12.1 Å². The molecule has 0 fully saturated rings. The first kappa shape index (κ1) is 36.0. The number of ether oxygens (including phenoxy) is 7. The van der Waals surface area contributed by atoms with Gasteiger partial charge in [0.1, 0.15) is 6.61 Å². The molecule has 1 aromatic rings. The van der Waals surface area contributed by atoms with E-state index in [0.717, 1.165) is 38.1 Å². The molecule has 9 nitrogen and oxygen atoms in total. The lowest BCUT2D eigenvalue weighted by Crippen LogP contribution is -2.15. The Balaban J connectivity index is 1.77. The third-order valence-corrected chi connectivity index (χ3v) is 6.24. The molecule has 39 heavy (non-hydrogen) atoms. The van der Waals surface area contributed by atoms with Crippen molar-refractivity contribution >= 4 is 34.2 Å². The fraction of sp³-hybridized carbons (Fsp3) is 0.759. The number of benzene rings is 1. The van der Waals surface area contributed by atoms with Crippen LogP contribution in [0.5, 0.6) is 0 Å². The van der Waals surface area contributed by atoms with E-state index in [9.17, 15) is 4.79 Å². The number of nitrogens with one attached hydrogen (secondary N) is 1. The fourth-order valence-electron chi connectivity index (χ4n) is 3.26. The van der Waals surface area contributed by atoms with E-state index >= 15 is 0 Å². The van der Waals surface area contributed by atoms with E-state index in [1.54, 1.807) is 12.1 Å². The SMILES string of the molecule is CCCCNc1ccc(C(=O)OCCOCCOCCOCCOCCOCCOCCCCCCI)cc1. The number of alkyl halides is 1. The molecule has 0 spiro atoms. The molecule has 1 rings (SSSR count). The van der Waals surface area contributed by atoms with Gasteiger partial charge in [-0.1, -0.05) is 48.8 Å². The smallest absolute Gasteiger partial charge is 0.338 e. The lowest BCUT2D eigenvalue weighted by molar-refractivity contribution is -0.0194. The first-order chi connectivity index (χ1) is 19.3. The summed E-state index contributed by atoms with van der Waals surface area (Å²) in [4.78, 5) is 12.1. The van der Waals surface area contributed by atoms with Crippen LogP contribution in [0.3, 0.4) is 0 Å². The minimum Gasteiger partial charge on any atom is -0.460 e. The van der Waals surface area contributed by atoms with Gasteiger partial charge in [-0.2, -0.15) is 0 Å². The highest BCUT2D eigenvalue weighted by Gasteiger charge is 2.06. The van der Waals surface area contributed by atoms with Crippen molar-refractivity contribution in [2.24, 2.45) is 0 Å². The lowest BCUT2D eigenvalue weighted by Gasteiger charge is -2.09. The molecule has 0 bridgehead atoms. The summed E-state index contributed by atoms with van der Waals surface area (Å²) >= 11 is 2.42. The molecule has 0 amide bonds. The number of unbranched alkanes of at least 4 members (excludes halogenated alkanes) is 4. The molecule has 0 aliphatic rings. The van der Waals surface area contributed by atoms with E-state index in [0.29, 0.717) is 78.2 Å². The average Bonchev–Trinajstić information content (AvgIpc) is 2.95. The molecule has 0 unspecified atom stereocenters. The van der Waals surface area contributed by atoms with Gasteiger partial charge < -0.3 is 38.5 Å². The zero-order valence-electron chi connectivity index (χ0n) is 23.8. The second-order valence-electron chi connectivity index (χ2n) is 8.77. The van der Waals surface area contributed by atoms with Gasteiger partial charge in [-0.15, -0.1) is 0 Å². The highest BCUT2D eigenvalue weighted by molar-refractivity contribution is 14.1. The molecule has 0 heterocycles. The maximum absolute atomic E-state index is 12.1. The highest BCUT2D eigenvalue weighted by atomic mass is 127. The number of hydrogen-bond acceptors (Lipinski definition) is 9. The Morgan fingerprint density at radius 2 is 1.08 bits per heavy atom. The largest absolute Gasteiger partial charge is 0.460 e. The zero-order valence-corrected chi connectivity index (χ0v) is 26.0. The van der Waals surface area contributed by atoms with Gasteiger partial charge in [0.05, 0.1) is 78.2 Å². The summed E-state index contributed by atoms with van der Waals surface area (Å²) in [6.45, 7) is 9.71. The Kier molecular flexibility index (Phi) is 26.3. The molecule has 10 heteroatoms. The summed E-state index contributed by atoms with van der Waals surface area (Å²) in [6, 6.07) is 7.32. The van der Waals surface area contributed by atoms with Crippen LogP contribution in [0.4, 0.5) is 5.69 Å². The molecule has 0 saturated carbocycles. The summed E-state index contributed by atoms with van der Waals surface area (Å²) in [5.41, 5.74) is 1.53. The number of carbonyl (C=O) groups excluding carboxylic acids is 1. The maximum atomic E-state index is 12.1. The topological polar surface area (TPSA) is 93.7 Å². The van der Waals surface area contributed by atoms with Crippen molar-refractivity contribution in [3.63, 3.8) is 0 Å². The van der Waals surface area contributed by atoms with Gasteiger partial charge in [-0.05, 0) is 48.0 Å². The Labute approximate surface area is 249 Å². The minimum absolute atomic E-state index is 0.205. The molecule has 0 aliphatic heterocycles. The first-order valence-electron chi connectivity index (χ1n) is 14.3. The van der Waals surface area contributed by atoms with E-state index in [1.165, 1.54) is 23.7 Å². The molecule has 1 N–H and O–H groups in total. The standard InChI is InChI=1S/C29H50INO8/c1-2-3-13-31-28-10-8-27(9-11-28)29(32)39-26-25-38-24-23-37-22-21-36-20-19-35-18-17-34-16-15-33-14-7-5-4-6-12-30/h8-11,31H,2-7,12-26H2,1H3. The number of carbonyl (C=O) groups is 1. The van der Waals surface area contributed by atoms with Gasteiger partial charge in [0.2, 0.25) is 0 Å². The fourth-order valence-corrected chi connectivity index (χ4v) is 3.80. The van der Waals surface area contributed by atoms with Crippen molar-refractivity contribution in [3.05, 3.63) is 29.8 Å². The summed E-state index contributed by atoms with van der Waals surface area (Å²) in [5.74, 6) is -0.350. The van der Waals surface area contributed by atoms with Crippen molar-refractivity contribution in [2.75, 3.05) is 102 Å². The van der Waals surface area contributed by atoms with Crippen LogP contribution < -0.4 is 5.32 Å². The number of hydrogen-bond donors (Lipinski definition) is 1. The van der Waals surface area contributed by atoms with Crippen LogP contribution in [0.25, 0.3) is 0 Å². The van der Waals surface area contributed by atoms with E-state index < -0.39 is 0 Å². The molecule has 0 aromatic heterocycles. The van der Waals surface area contributed by atoms with Gasteiger partial charge >= 0.3 is 5.97 Å². The Hall–Kier alpha value is -1.02. The Morgan fingerprint density at radius 1 is 0.615 bits per heavy atom. The third-order valence-electron chi connectivity index (χ3n) is 5.47. The molecule has 226 valence electrons. The predicted molar refractivity (Wildman–Crippen MR) is 162 cm³/mol. The molecule has 0 saturated heterocycles. The number of anilines is 1. The van der Waals surface area contributed by atoms with Gasteiger partial charge in [0, 0.05) is 18.8 Å². The molecule has 1 aromatic carbocycles. The molecule has 0 aliphatic carbocycles. The number of esters is 1. The van der Waals surface area contributed by atoms with Crippen molar-refractivity contribution in [1.29, 1.82) is 0 Å². The van der Waals surface area contributed by atoms with Crippen LogP contribution >= 0.6 is 22.6 Å². The van der Waals surface area contributed by atoms with Crippen LogP contribution in [0.15, 0.2) is 24.3 Å². The van der Waals surface area contributed by atoms with E-state index in [-0.39, 0.29) is 12.6 Å². The molecular weight excluding hydrogens is 617 g/mol. The van der Waals surface area contributed by atoms with E-state index in [4.69, 9.17) is 33.2 Å². The van der Waals surface area contributed by atoms with Gasteiger partial charge in [-0.3, -0.25) is 0 Å². The third kappa shape index (κ3) is 23.4. The van der Waals surface area contributed by atoms with Gasteiger partial charge in [0.25, 0.3) is 0 Å². The van der Waals surface area contributed by atoms with E-state index in [2.05, 4.69) is 34.8 Å². The van der Waals surface area contributed by atoms with Gasteiger partial charge in [-0.25, -0.2) is 4.79 Å². The molecule has 0 radical (unpaired) electrons. The zero-order chi connectivity index (χ0) is 28.1. The highest BCUT2D eigenvalue weighted by Crippen LogP contribution is 2.11.